The van der Waals surface area contributed by atoms with Gasteiger partial charge in [0.2, 0.25) is 29.5 Å². The number of benzene rings is 1. The third-order valence-corrected chi connectivity index (χ3v) is 6.13. The maximum Gasteiger partial charge on any atom is 0.305 e. The number of aliphatic imine (C=N–C) groups is 1. The first-order valence-electron chi connectivity index (χ1n) is 12.4. The largest absolute Gasteiger partial charge is 0.481 e. The molecule has 16 heteroatoms. The fourth-order valence-electron chi connectivity index (χ4n) is 3.76. The van der Waals surface area contributed by atoms with Gasteiger partial charge in [0.05, 0.1) is 13.0 Å². The number of nitrogens with two attached hydrogens (primary N) is 2. The summed E-state index contributed by atoms with van der Waals surface area (Å²) in [4.78, 5) is 79.9. The topological polar surface area (TPSA) is 247 Å². The van der Waals surface area contributed by atoms with E-state index in [1.807, 2.05) is 0 Å². The molecular formula is C24H34N8O7S. The highest BCUT2D eigenvalue weighted by atomic mass is 32.1. The number of carboxylic acids is 1. The zero-order valence-electron chi connectivity index (χ0n) is 21.6. The lowest BCUT2D eigenvalue weighted by Gasteiger charge is -2.25. The van der Waals surface area contributed by atoms with Gasteiger partial charge in [-0.3, -0.25) is 33.8 Å². The lowest BCUT2D eigenvalue weighted by atomic mass is 10.0. The van der Waals surface area contributed by atoms with Crippen LogP contribution in [0.4, 0.5) is 0 Å². The van der Waals surface area contributed by atoms with E-state index in [1.54, 1.807) is 30.3 Å². The third-order valence-electron chi connectivity index (χ3n) is 5.76. The van der Waals surface area contributed by atoms with Crippen molar-refractivity contribution in [3.05, 3.63) is 35.9 Å². The van der Waals surface area contributed by atoms with Crippen LogP contribution in [-0.4, -0.2) is 89.6 Å². The molecule has 1 aliphatic rings. The maximum absolute atomic E-state index is 13.3. The van der Waals surface area contributed by atoms with Crippen LogP contribution in [0.1, 0.15) is 24.8 Å². The Hall–Kier alpha value is -4.34. The molecule has 1 aromatic carbocycles. The normalized spacial score (nSPS) is 22.8. The van der Waals surface area contributed by atoms with E-state index in [4.69, 9.17) is 11.5 Å². The fourth-order valence-corrected chi connectivity index (χ4v) is 4.02. The molecule has 4 unspecified atom stereocenters. The molecule has 1 aliphatic heterocycles. The molecule has 1 heterocycles. The van der Waals surface area contributed by atoms with Gasteiger partial charge in [-0.25, -0.2) is 0 Å². The predicted molar refractivity (Wildman–Crippen MR) is 147 cm³/mol. The van der Waals surface area contributed by atoms with E-state index in [0.717, 1.165) is 0 Å². The quantitative estimate of drug-likeness (QED) is 0.0617. The molecule has 0 bridgehead atoms. The number of rotatable bonds is 9. The smallest absolute Gasteiger partial charge is 0.305 e. The van der Waals surface area contributed by atoms with Crippen molar-refractivity contribution < 1.29 is 33.9 Å². The number of hydrogen-bond acceptors (Lipinski definition) is 8. The maximum atomic E-state index is 13.3. The molecule has 40 heavy (non-hydrogen) atoms. The predicted octanol–water partition coefficient (Wildman–Crippen LogP) is -3.24. The van der Waals surface area contributed by atoms with Crippen LogP contribution >= 0.6 is 12.6 Å². The molecule has 0 aliphatic carbocycles. The molecule has 4 atom stereocenters. The highest BCUT2D eigenvalue weighted by molar-refractivity contribution is 7.80. The van der Waals surface area contributed by atoms with Crippen LogP contribution in [0.3, 0.4) is 0 Å². The van der Waals surface area contributed by atoms with Gasteiger partial charge in [-0.1, -0.05) is 30.3 Å². The Morgan fingerprint density at radius 3 is 2.10 bits per heavy atom. The standard InChI is InChI=1S/C24H34N8O7S/c25-24(26)27-8-4-7-14-20(36)28-11-18(33)29-16(10-19(34)35)22(38)31-15(9-13-5-2-1-3-6-13)21(37)32-17(12-40)23(39)30-14/h1-3,5-6,14-17,40H,4,7-12H2,(H,28,36)(H,29,33)(H,30,39)(H,31,38)(H,32,37)(H,34,35)(H4,25,26,27). The van der Waals surface area contributed by atoms with Gasteiger partial charge in [-0.05, 0) is 18.4 Å². The lowest BCUT2D eigenvalue weighted by molar-refractivity contribution is -0.141. The molecule has 1 saturated heterocycles. The monoisotopic (exact) mass is 578 g/mol. The number of nitrogens with one attached hydrogen (secondary N) is 5. The van der Waals surface area contributed by atoms with Gasteiger partial charge in [0.1, 0.15) is 24.2 Å². The molecule has 0 spiro atoms. The van der Waals surface area contributed by atoms with Crippen LogP contribution in [0.25, 0.3) is 0 Å². The van der Waals surface area contributed by atoms with Crippen LogP contribution in [0.15, 0.2) is 35.3 Å². The number of carbonyl (C=O) groups excluding carboxylic acids is 5. The number of amides is 5. The van der Waals surface area contributed by atoms with Gasteiger partial charge in [0, 0.05) is 18.7 Å². The van der Waals surface area contributed by atoms with Crippen molar-refractivity contribution >= 4 is 54.1 Å². The minimum Gasteiger partial charge on any atom is -0.481 e. The molecule has 1 aromatic rings. The van der Waals surface area contributed by atoms with Crippen molar-refractivity contribution in [1.82, 2.24) is 26.6 Å². The summed E-state index contributed by atoms with van der Waals surface area (Å²) in [6, 6.07) is 3.56. The molecule has 0 aromatic heterocycles. The highest BCUT2D eigenvalue weighted by Crippen LogP contribution is 2.07. The number of carboxylic acid groups (broad SMARTS) is 1. The average molecular weight is 579 g/mol. The van der Waals surface area contributed by atoms with Crippen LogP contribution in [-0.2, 0) is 35.2 Å². The van der Waals surface area contributed by atoms with E-state index in [9.17, 15) is 33.9 Å². The first-order chi connectivity index (χ1) is 19.0. The van der Waals surface area contributed by atoms with Crippen LogP contribution in [0.2, 0.25) is 0 Å². The second kappa shape index (κ2) is 15.9. The minimum atomic E-state index is -1.55. The van der Waals surface area contributed by atoms with Crippen LogP contribution < -0.4 is 38.1 Å². The van der Waals surface area contributed by atoms with E-state index in [2.05, 4.69) is 44.2 Å². The van der Waals surface area contributed by atoms with Gasteiger partial charge in [-0.15, -0.1) is 0 Å². The van der Waals surface area contributed by atoms with Crippen molar-refractivity contribution in [3.63, 3.8) is 0 Å². The first-order valence-corrected chi connectivity index (χ1v) is 13.0. The molecule has 5 amide bonds. The second-order valence-electron chi connectivity index (χ2n) is 8.94. The number of aliphatic carboxylic acids is 1. The fraction of sp³-hybridized carbons (Fsp3) is 0.458. The van der Waals surface area contributed by atoms with Crippen molar-refractivity contribution in [2.75, 3.05) is 18.8 Å². The molecule has 0 radical (unpaired) electrons. The van der Waals surface area contributed by atoms with E-state index in [0.29, 0.717) is 12.0 Å². The Labute approximate surface area is 235 Å². The van der Waals surface area contributed by atoms with Crippen molar-refractivity contribution in [2.24, 2.45) is 16.5 Å². The van der Waals surface area contributed by atoms with Crippen LogP contribution in [0, 0.1) is 0 Å². The number of thiol groups is 1. The molecular weight excluding hydrogens is 544 g/mol. The summed E-state index contributed by atoms with van der Waals surface area (Å²) in [6.45, 7) is -0.440. The van der Waals surface area contributed by atoms with E-state index < -0.39 is 72.6 Å². The Balaban J connectivity index is 2.38. The Morgan fingerprint density at radius 1 is 0.875 bits per heavy atom. The van der Waals surface area contributed by atoms with Crippen molar-refractivity contribution in [1.29, 1.82) is 0 Å². The molecule has 2 rings (SSSR count). The first kappa shape index (κ1) is 31.9. The Kier molecular flexibility index (Phi) is 12.7. The average Bonchev–Trinajstić information content (AvgIpc) is 2.90. The van der Waals surface area contributed by atoms with E-state index in [-0.39, 0.29) is 31.1 Å². The van der Waals surface area contributed by atoms with Crippen LogP contribution in [0.5, 0.6) is 0 Å². The summed E-state index contributed by atoms with van der Waals surface area (Å²) in [7, 11) is 0. The minimum absolute atomic E-state index is 0.000516. The van der Waals surface area contributed by atoms with Crippen molar-refractivity contribution in [3.8, 4) is 0 Å². The van der Waals surface area contributed by atoms with Gasteiger partial charge in [-0.2, -0.15) is 12.6 Å². The zero-order valence-corrected chi connectivity index (χ0v) is 22.5. The summed E-state index contributed by atoms with van der Waals surface area (Å²) in [5, 5.41) is 21.5. The van der Waals surface area contributed by atoms with Crippen molar-refractivity contribution in [2.45, 2.75) is 49.9 Å². The summed E-state index contributed by atoms with van der Waals surface area (Å²) in [6.07, 6.45) is -0.404. The summed E-state index contributed by atoms with van der Waals surface area (Å²) in [5.74, 6) is -5.66. The highest BCUT2D eigenvalue weighted by Gasteiger charge is 2.32. The third kappa shape index (κ3) is 10.8. The second-order valence-corrected chi connectivity index (χ2v) is 9.31. The molecule has 1 fully saturated rings. The number of hydrogen-bond donors (Lipinski definition) is 9. The molecule has 10 N–H and O–H groups in total. The molecule has 0 saturated carbocycles. The number of nitrogens with zero attached hydrogens (tertiary/aromatic N) is 1. The van der Waals surface area contributed by atoms with Gasteiger partial charge in [0.25, 0.3) is 0 Å². The molecule has 218 valence electrons. The van der Waals surface area contributed by atoms with E-state index >= 15 is 0 Å². The SMILES string of the molecule is NC(N)=NCCCC1NC(=O)C(CS)NC(=O)C(Cc2ccccc2)NC(=O)C(CC(=O)O)NC(=O)CNC1=O. The Morgan fingerprint density at radius 2 is 1.48 bits per heavy atom. The number of guanidine groups is 1. The molecule has 15 nitrogen and oxygen atoms in total. The summed E-state index contributed by atoms with van der Waals surface area (Å²) < 4.78 is 0. The summed E-state index contributed by atoms with van der Waals surface area (Å²) >= 11 is 4.15. The van der Waals surface area contributed by atoms with Gasteiger partial charge < -0.3 is 43.2 Å². The summed E-state index contributed by atoms with van der Waals surface area (Å²) in [5.41, 5.74) is 11.3. The van der Waals surface area contributed by atoms with E-state index in [1.165, 1.54) is 0 Å². The lowest BCUT2D eigenvalue weighted by Crippen LogP contribution is -2.58. The zero-order chi connectivity index (χ0) is 29.7. The van der Waals surface area contributed by atoms with Gasteiger partial charge in [0.15, 0.2) is 5.96 Å². The van der Waals surface area contributed by atoms with Gasteiger partial charge >= 0.3 is 5.97 Å². The Bertz CT molecular complexity index is 1110. The number of carbonyl (C=O) groups is 6.